The van der Waals surface area contributed by atoms with Gasteiger partial charge >= 0.3 is 5.97 Å². The third-order valence-corrected chi connectivity index (χ3v) is 10.3. The Bertz CT molecular complexity index is 738. The Balaban J connectivity index is 1.43. The molecule has 0 aliphatic heterocycles. The summed E-state index contributed by atoms with van der Waals surface area (Å²) in [5, 5.41) is 0. The highest BCUT2D eigenvalue weighted by molar-refractivity contribution is 5.88. The van der Waals surface area contributed by atoms with Crippen LogP contribution in [0.5, 0.6) is 0 Å². The molecule has 0 aromatic heterocycles. The van der Waals surface area contributed by atoms with Crippen molar-refractivity contribution in [3.05, 3.63) is 11.6 Å². The van der Waals surface area contributed by atoms with E-state index in [2.05, 4.69) is 19.9 Å². The second kappa shape index (κ2) is 5.48. The van der Waals surface area contributed by atoms with Gasteiger partial charge in [-0.15, -0.1) is 0 Å². The number of fused-ring (bicyclic) bond motifs is 4. The van der Waals surface area contributed by atoms with Gasteiger partial charge in [-0.25, -0.2) is 0 Å². The summed E-state index contributed by atoms with van der Waals surface area (Å²) in [4.78, 5) is 24.0. The van der Waals surface area contributed by atoms with Crippen molar-refractivity contribution < 1.29 is 14.3 Å². The lowest BCUT2D eigenvalue weighted by Gasteiger charge is -2.56. The molecule has 0 aromatic rings. The number of esters is 1. The van der Waals surface area contributed by atoms with E-state index in [1.807, 2.05) is 6.92 Å². The Morgan fingerprint density at radius 1 is 1.07 bits per heavy atom. The summed E-state index contributed by atoms with van der Waals surface area (Å²) in [5.74, 6) is 3.17. The highest BCUT2D eigenvalue weighted by atomic mass is 16.5. The lowest BCUT2D eigenvalue weighted by molar-refractivity contribution is -0.148. The molecule has 5 aliphatic rings. The van der Waals surface area contributed by atoms with E-state index in [0.29, 0.717) is 17.1 Å². The normalized spacial score (nSPS) is 52.6. The van der Waals surface area contributed by atoms with Gasteiger partial charge in [0.25, 0.3) is 0 Å². The van der Waals surface area contributed by atoms with Gasteiger partial charge in [-0.1, -0.05) is 25.5 Å². The first-order chi connectivity index (χ1) is 12.8. The van der Waals surface area contributed by atoms with Crippen molar-refractivity contribution in [2.45, 2.75) is 85.2 Å². The maximum atomic E-state index is 12.6. The first-order valence-corrected chi connectivity index (χ1v) is 11.1. The molecule has 4 fully saturated rings. The maximum absolute atomic E-state index is 12.6. The van der Waals surface area contributed by atoms with Crippen molar-refractivity contribution in [3.8, 4) is 0 Å². The zero-order valence-electron chi connectivity index (χ0n) is 17.3. The fourth-order valence-corrected chi connectivity index (χ4v) is 9.18. The Hall–Kier alpha value is -1.12. The molecule has 8 atom stereocenters. The zero-order chi connectivity index (χ0) is 19.2. The molecule has 0 bridgehead atoms. The van der Waals surface area contributed by atoms with Crippen LogP contribution in [-0.4, -0.2) is 17.9 Å². The van der Waals surface area contributed by atoms with Crippen LogP contribution in [0.15, 0.2) is 11.6 Å². The quantitative estimate of drug-likeness (QED) is 0.502. The number of rotatable bonds is 2. The molecule has 3 heteroatoms. The number of Topliss-reactive ketones (excluding diaryl/α,β-unsaturated/α-hetero) is 1. The molecule has 3 nitrogen and oxygen atoms in total. The molecule has 5 aliphatic carbocycles. The van der Waals surface area contributed by atoms with Crippen LogP contribution in [0, 0.1) is 39.9 Å². The Morgan fingerprint density at radius 2 is 1.81 bits per heavy atom. The molecule has 0 N–H and O–H groups in total. The zero-order valence-corrected chi connectivity index (χ0v) is 17.3. The third kappa shape index (κ3) is 1.99. The Kier molecular flexibility index (Phi) is 3.64. The SMILES string of the molecule is CC(=O)OC1CC[C@@]2(C)C(=CCC3C4CCC5(C(C)=O)C(C)[C@]45CCC32)C1. The van der Waals surface area contributed by atoms with E-state index in [0.717, 1.165) is 43.4 Å². The van der Waals surface area contributed by atoms with Gasteiger partial charge in [0, 0.05) is 18.8 Å². The summed E-state index contributed by atoms with van der Waals surface area (Å²) in [5.41, 5.74) is 2.19. The van der Waals surface area contributed by atoms with Crippen LogP contribution in [0.1, 0.15) is 79.1 Å². The molecule has 27 heavy (non-hydrogen) atoms. The second-order valence-electron chi connectivity index (χ2n) is 10.6. The van der Waals surface area contributed by atoms with Crippen LogP contribution in [0.3, 0.4) is 0 Å². The Labute approximate surface area is 163 Å². The predicted molar refractivity (Wildman–Crippen MR) is 104 cm³/mol. The maximum Gasteiger partial charge on any atom is 0.302 e. The van der Waals surface area contributed by atoms with Crippen LogP contribution in [0.2, 0.25) is 0 Å². The van der Waals surface area contributed by atoms with E-state index in [-0.39, 0.29) is 22.9 Å². The van der Waals surface area contributed by atoms with Crippen LogP contribution in [0.4, 0.5) is 0 Å². The molecular weight excluding hydrogens is 336 g/mol. The lowest BCUT2D eigenvalue weighted by atomic mass is 9.49. The molecular formula is C24H34O3. The minimum Gasteiger partial charge on any atom is -0.462 e. The minimum absolute atomic E-state index is 0.0283. The molecule has 4 saturated carbocycles. The van der Waals surface area contributed by atoms with Crippen molar-refractivity contribution in [3.63, 3.8) is 0 Å². The largest absolute Gasteiger partial charge is 0.462 e. The van der Waals surface area contributed by atoms with Crippen LogP contribution >= 0.6 is 0 Å². The van der Waals surface area contributed by atoms with E-state index < -0.39 is 0 Å². The van der Waals surface area contributed by atoms with Crippen molar-refractivity contribution in [2.24, 2.45) is 39.9 Å². The van der Waals surface area contributed by atoms with Crippen LogP contribution in [0.25, 0.3) is 0 Å². The highest BCUT2D eigenvalue weighted by Crippen LogP contribution is 2.85. The second-order valence-corrected chi connectivity index (χ2v) is 10.6. The predicted octanol–water partition coefficient (Wildman–Crippen LogP) is 5.09. The molecule has 0 aromatic carbocycles. The Morgan fingerprint density at radius 3 is 2.48 bits per heavy atom. The van der Waals surface area contributed by atoms with Gasteiger partial charge in [0.2, 0.25) is 0 Å². The third-order valence-electron chi connectivity index (χ3n) is 10.3. The summed E-state index contributed by atoms with van der Waals surface area (Å²) < 4.78 is 5.55. The molecule has 0 radical (unpaired) electrons. The van der Waals surface area contributed by atoms with Crippen LogP contribution < -0.4 is 0 Å². The summed E-state index contributed by atoms with van der Waals surface area (Å²) in [6.07, 6.45) is 11.8. The number of hydrogen-bond donors (Lipinski definition) is 0. The standard InChI is InChI=1S/C24H34O3/c1-14-23(15(2)25)11-9-21-19-6-5-17-13-18(27-16(3)26)7-10-22(17,4)20(19)8-12-24(14,21)23/h5,14,18-21H,6-13H2,1-4H3/t14?,18?,19?,20?,21?,22-,23?,24+/m0/s1. The van der Waals surface area contributed by atoms with Gasteiger partial charge in [-0.2, -0.15) is 0 Å². The molecule has 5 rings (SSSR count). The number of hydrogen-bond acceptors (Lipinski definition) is 3. The smallest absolute Gasteiger partial charge is 0.302 e. The summed E-state index contributed by atoms with van der Waals surface area (Å²) in [7, 11) is 0. The van der Waals surface area contributed by atoms with Crippen LogP contribution in [-0.2, 0) is 14.3 Å². The van der Waals surface area contributed by atoms with Crippen molar-refractivity contribution >= 4 is 11.8 Å². The van der Waals surface area contributed by atoms with Crippen molar-refractivity contribution in [1.29, 1.82) is 0 Å². The molecule has 1 spiro atoms. The van der Waals surface area contributed by atoms with E-state index >= 15 is 0 Å². The van der Waals surface area contributed by atoms with E-state index in [4.69, 9.17) is 4.74 Å². The molecule has 0 amide bonds. The minimum atomic E-state index is -0.147. The monoisotopic (exact) mass is 370 g/mol. The topological polar surface area (TPSA) is 43.4 Å². The number of allylic oxidation sites excluding steroid dienone is 1. The first kappa shape index (κ1) is 17.9. The first-order valence-electron chi connectivity index (χ1n) is 11.1. The summed E-state index contributed by atoms with van der Waals surface area (Å²) in [6.45, 7) is 8.24. The number of ether oxygens (including phenoxy) is 1. The van der Waals surface area contributed by atoms with Crippen molar-refractivity contribution in [2.75, 3.05) is 0 Å². The van der Waals surface area contributed by atoms with Gasteiger partial charge in [0.05, 0.1) is 0 Å². The van der Waals surface area contributed by atoms with E-state index in [9.17, 15) is 9.59 Å². The fourth-order valence-electron chi connectivity index (χ4n) is 9.18. The summed E-state index contributed by atoms with van der Waals surface area (Å²) in [6, 6.07) is 0. The average Bonchev–Trinajstić information content (AvgIpc) is 2.96. The van der Waals surface area contributed by atoms with Gasteiger partial charge in [-0.05, 0) is 86.4 Å². The lowest BCUT2D eigenvalue weighted by Crippen LogP contribution is -2.48. The molecule has 0 saturated heterocycles. The highest BCUT2D eigenvalue weighted by Gasteiger charge is 2.83. The summed E-state index contributed by atoms with van der Waals surface area (Å²) >= 11 is 0. The van der Waals surface area contributed by atoms with Gasteiger partial charge < -0.3 is 4.74 Å². The molecule has 6 unspecified atom stereocenters. The van der Waals surface area contributed by atoms with Gasteiger partial charge in [-0.3, -0.25) is 9.59 Å². The van der Waals surface area contributed by atoms with E-state index in [1.165, 1.54) is 32.6 Å². The fraction of sp³-hybridized carbons (Fsp3) is 0.833. The van der Waals surface area contributed by atoms with Gasteiger partial charge in [0.15, 0.2) is 0 Å². The molecule has 148 valence electrons. The van der Waals surface area contributed by atoms with Gasteiger partial charge in [0.1, 0.15) is 11.9 Å². The number of ketones is 1. The van der Waals surface area contributed by atoms with E-state index in [1.54, 1.807) is 5.57 Å². The number of carbonyl (C=O) groups excluding carboxylic acids is 2. The van der Waals surface area contributed by atoms with Crippen molar-refractivity contribution in [1.82, 2.24) is 0 Å². The number of carbonyl (C=O) groups is 2. The molecule has 0 heterocycles. The average molecular weight is 371 g/mol.